The van der Waals surface area contributed by atoms with Gasteiger partial charge in [-0.15, -0.1) is 0 Å². The molecule has 0 aliphatic rings. The molecule has 0 fully saturated rings. The molecule has 1 unspecified atom stereocenters. The van der Waals surface area contributed by atoms with Crippen LogP contribution in [0.5, 0.6) is 17.2 Å². The Labute approximate surface area is 122 Å². The van der Waals surface area contributed by atoms with E-state index in [-0.39, 0.29) is 6.61 Å². The lowest BCUT2D eigenvalue weighted by Gasteiger charge is -2.10. The van der Waals surface area contributed by atoms with E-state index in [4.69, 9.17) is 20.3 Å². The van der Waals surface area contributed by atoms with Crippen LogP contribution in [0.15, 0.2) is 48.5 Å². The van der Waals surface area contributed by atoms with E-state index < -0.39 is 12.0 Å². The van der Waals surface area contributed by atoms with Gasteiger partial charge in [-0.1, -0.05) is 17.7 Å². The van der Waals surface area contributed by atoms with Gasteiger partial charge in [0, 0.05) is 0 Å². The molecule has 0 saturated heterocycles. The predicted octanol–water partition coefficient (Wildman–Crippen LogP) is 2.58. The number of hydrogen-bond donors (Lipinski definition) is 2. The Hall–Kier alpha value is -2.53. The fourth-order valence-electron chi connectivity index (χ4n) is 1.60. The maximum Gasteiger partial charge on any atom is 0.324 e. The number of rotatable bonds is 6. The molecule has 5 nitrogen and oxygen atoms in total. The lowest BCUT2D eigenvalue weighted by atomic mass is 10.2. The minimum Gasteiger partial charge on any atom is -0.491 e. The molecule has 0 saturated carbocycles. The second-order valence-corrected chi connectivity index (χ2v) is 4.64. The van der Waals surface area contributed by atoms with Crippen molar-refractivity contribution >= 4 is 5.97 Å². The summed E-state index contributed by atoms with van der Waals surface area (Å²) < 4.78 is 11.0. The first-order chi connectivity index (χ1) is 10.0. The molecular formula is C16H17NO4. The van der Waals surface area contributed by atoms with Gasteiger partial charge in [0.1, 0.15) is 29.9 Å². The molecule has 0 aliphatic carbocycles. The molecule has 110 valence electrons. The Morgan fingerprint density at radius 2 is 1.52 bits per heavy atom. The van der Waals surface area contributed by atoms with E-state index in [1.165, 1.54) is 5.56 Å². The molecule has 1 atom stereocenters. The van der Waals surface area contributed by atoms with Gasteiger partial charge in [-0.25, -0.2) is 0 Å². The highest BCUT2D eigenvalue weighted by atomic mass is 16.5. The van der Waals surface area contributed by atoms with Gasteiger partial charge in [-0.2, -0.15) is 0 Å². The van der Waals surface area contributed by atoms with Crippen molar-refractivity contribution in [3.05, 3.63) is 54.1 Å². The van der Waals surface area contributed by atoms with Crippen molar-refractivity contribution in [2.75, 3.05) is 6.61 Å². The minimum absolute atomic E-state index is 0.0759. The number of carboxylic acid groups (broad SMARTS) is 1. The van der Waals surface area contributed by atoms with Crippen molar-refractivity contribution in [3.8, 4) is 17.2 Å². The third kappa shape index (κ3) is 4.50. The molecule has 0 aliphatic heterocycles. The van der Waals surface area contributed by atoms with E-state index in [0.717, 1.165) is 5.75 Å². The van der Waals surface area contributed by atoms with Crippen LogP contribution >= 0.6 is 0 Å². The summed E-state index contributed by atoms with van der Waals surface area (Å²) >= 11 is 0. The smallest absolute Gasteiger partial charge is 0.324 e. The molecular weight excluding hydrogens is 270 g/mol. The summed E-state index contributed by atoms with van der Waals surface area (Å²) in [7, 11) is 0. The normalized spacial score (nSPS) is 11.7. The standard InChI is InChI=1S/C16H17NO4/c1-11-2-4-13(5-3-11)21-14-8-6-12(7-9-14)20-10-15(17)16(18)19/h2-9,15H,10,17H2,1H3,(H,18,19). The van der Waals surface area contributed by atoms with E-state index >= 15 is 0 Å². The molecule has 2 aromatic rings. The van der Waals surface area contributed by atoms with E-state index in [9.17, 15) is 4.79 Å². The van der Waals surface area contributed by atoms with Crippen molar-refractivity contribution in [1.29, 1.82) is 0 Å². The largest absolute Gasteiger partial charge is 0.491 e. The van der Waals surface area contributed by atoms with Gasteiger partial charge in [0.2, 0.25) is 0 Å². The van der Waals surface area contributed by atoms with Gasteiger partial charge in [0.15, 0.2) is 0 Å². The van der Waals surface area contributed by atoms with E-state index in [2.05, 4.69) is 0 Å². The van der Waals surface area contributed by atoms with Crippen molar-refractivity contribution in [3.63, 3.8) is 0 Å². The number of aliphatic carboxylic acids is 1. The summed E-state index contributed by atoms with van der Waals surface area (Å²) in [4.78, 5) is 10.6. The number of aryl methyl sites for hydroxylation is 1. The molecule has 2 aromatic carbocycles. The highest BCUT2D eigenvalue weighted by molar-refractivity contribution is 5.73. The monoisotopic (exact) mass is 287 g/mol. The Kier molecular flexibility index (Phi) is 4.79. The molecule has 0 aromatic heterocycles. The molecule has 0 amide bonds. The number of nitrogens with two attached hydrogens (primary N) is 1. The van der Waals surface area contributed by atoms with Crippen molar-refractivity contribution < 1.29 is 19.4 Å². The molecule has 2 rings (SSSR count). The number of ether oxygens (including phenoxy) is 2. The van der Waals surface area contributed by atoms with Crippen LogP contribution in [0.25, 0.3) is 0 Å². The number of carbonyl (C=O) groups is 1. The summed E-state index contributed by atoms with van der Waals surface area (Å²) in [5, 5.41) is 8.66. The first-order valence-electron chi connectivity index (χ1n) is 6.50. The van der Waals surface area contributed by atoms with E-state index in [1.807, 2.05) is 31.2 Å². The molecule has 5 heteroatoms. The molecule has 0 heterocycles. The van der Waals surface area contributed by atoms with Crippen LogP contribution in [0, 0.1) is 6.92 Å². The van der Waals surface area contributed by atoms with Gasteiger partial charge in [-0.3, -0.25) is 4.79 Å². The van der Waals surface area contributed by atoms with Gasteiger partial charge in [0.05, 0.1) is 0 Å². The van der Waals surface area contributed by atoms with Crippen molar-refractivity contribution in [2.24, 2.45) is 5.73 Å². The van der Waals surface area contributed by atoms with E-state index in [0.29, 0.717) is 11.5 Å². The van der Waals surface area contributed by atoms with Crippen LogP contribution in [0.1, 0.15) is 5.56 Å². The van der Waals surface area contributed by atoms with Gasteiger partial charge in [0.25, 0.3) is 0 Å². The Morgan fingerprint density at radius 3 is 2.05 bits per heavy atom. The average molecular weight is 287 g/mol. The molecule has 0 radical (unpaired) electrons. The fraction of sp³-hybridized carbons (Fsp3) is 0.188. The lowest BCUT2D eigenvalue weighted by molar-refractivity contribution is -0.139. The molecule has 21 heavy (non-hydrogen) atoms. The summed E-state index contributed by atoms with van der Waals surface area (Å²) in [6.45, 7) is 1.94. The molecule has 3 N–H and O–H groups in total. The zero-order valence-electron chi connectivity index (χ0n) is 11.7. The van der Waals surface area contributed by atoms with E-state index in [1.54, 1.807) is 24.3 Å². The van der Waals surface area contributed by atoms with Crippen LogP contribution in [0.3, 0.4) is 0 Å². The lowest BCUT2D eigenvalue weighted by Crippen LogP contribution is -2.36. The molecule has 0 spiro atoms. The highest BCUT2D eigenvalue weighted by Crippen LogP contribution is 2.24. The van der Waals surface area contributed by atoms with Gasteiger partial charge >= 0.3 is 5.97 Å². The van der Waals surface area contributed by atoms with Crippen LogP contribution < -0.4 is 15.2 Å². The zero-order chi connectivity index (χ0) is 15.2. The number of benzene rings is 2. The summed E-state index contributed by atoms with van der Waals surface area (Å²) in [5.41, 5.74) is 6.53. The summed E-state index contributed by atoms with van der Waals surface area (Å²) in [6, 6.07) is 13.6. The first-order valence-corrected chi connectivity index (χ1v) is 6.50. The van der Waals surface area contributed by atoms with Crippen molar-refractivity contribution in [2.45, 2.75) is 13.0 Å². The summed E-state index contributed by atoms with van der Waals surface area (Å²) in [6.07, 6.45) is 0. The third-order valence-corrected chi connectivity index (χ3v) is 2.83. The quantitative estimate of drug-likeness (QED) is 0.853. The van der Waals surface area contributed by atoms with Crippen LogP contribution in [-0.2, 0) is 4.79 Å². The molecule has 0 bridgehead atoms. The maximum absolute atomic E-state index is 10.6. The predicted molar refractivity (Wildman–Crippen MR) is 78.8 cm³/mol. The Bertz CT molecular complexity index is 593. The fourth-order valence-corrected chi connectivity index (χ4v) is 1.60. The third-order valence-electron chi connectivity index (χ3n) is 2.83. The number of carboxylic acids is 1. The summed E-state index contributed by atoms with van der Waals surface area (Å²) in [5.74, 6) is 0.883. The topological polar surface area (TPSA) is 81.8 Å². The highest BCUT2D eigenvalue weighted by Gasteiger charge is 2.11. The van der Waals surface area contributed by atoms with Gasteiger partial charge in [-0.05, 0) is 43.3 Å². The maximum atomic E-state index is 10.6. The Balaban J connectivity index is 1.92. The Morgan fingerprint density at radius 1 is 1.05 bits per heavy atom. The van der Waals surface area contributed by atoms with Crippen LogP contribution in [-0.4, -0.2) is 23.7 Å². The number of hydrogen-bond acceptors (Lipinski definition) is 4. The van der Waals surface area contributed by atoms with Gasteiger partial charge < -0.3 is 20.3 Å². The minimum atomic E-state index is -1.09. The zero-order valence-corrected chi connectivity index (χ0v) is 11.7. The second-order valence-electron chi connectivity index (χ2n) is 4.64. The van der Waals surface area contributed by atoms with Crippen molar-refractivity contribution in [1.82, 2.24) is 0 Å². The SMILES string of the molecule is Cc1ccc(Oc2ccc(OCC(N)C(=O)O)cc2)cc1. The second kappa shape index (κ2) is 6.76. The van der Waals surface area contributed by atoms with Crippen LogP contribution in [0.4, 0.5) is 0 Å². The van der Waals surface area contributed by atoms with Crippen LogP contribution in [0.2, 0.25) is 0 Å². The average Bonchev–Trinajstić information content (AvgIpc) is 2.48. The first kappa shape index (κ1) is 14.9.